The van der Waals surface area contributed by atoms with Crippen LogP contribution in [-0.4, -0.2) is 41.7 Å². The summed E-state index contributed by atoms with van der Waals surface area (Å²) >= 11 is 0. The second kappa shape index (κ2) is 7.33. The number of H-pyrrole nitrogens is 1. The lowest BCUT2D eigenvalue weighted by Crippen LogP contribution is -2.36. The summed E-state index contributed by atoms with van der Waals surface area (Å²) in [5.41, 5.74) is 1.75. The first-order valence-corrected chi connectivity index (χ1v) is 10.3. The SMILES string of the molecule is O=c1[nH]c2ccccc2n1C1=CCN(S(=O)(=O)c2ccc(OC(F)(F)F)cc2)CC1. The van der Waals surface area contributed by atoms with Crippen LogP contribution in [0.15, 0.2) is 64.3 Å². The molecule has 0 unspecified atom stereocenters. The van der Waals surface area contributed by atoms with Gasteiger partial charge in [-0.05, 0) is 42.5 Å². The predicted octanol–water partition coefficient (Wildman–Crippen LogP) is 3.16. The zero-order valence-electron chi connectivity index (χ0n) is 15.4. The van der Waals surface area contributed by atoms with Crippen molar-refractivity contribution in [1.82, 2.24) is 13.9 Å². The number of nitrogens with one attached hydrogen (secondary N) is 1. The highest BCUT2D eigenvalue weighted by Crippen LogP contribution is 2.27. The van der Waals surface area contributed by atoms with Crippen LogP contribution in [0.3, 0.4) is 0 Å². The Balaban J connectivity index is 1.56. The smallest absolute Gasteiger partial charge is 0.406 e. The maximum atomic E-state index is 12.8. The highest BCUT2D eigenvalue weighted by molar-refractivity contribution is 7.89. The molecule has 0 atom stereocenters. The summed E-state index contributed by atoms with van der Waals surface area (Å²) in [5, 5.41) is 0. The average Bonchev–Trinajstić information content (AvgIpc) is 3.03. The Bertz CT molecular complexity index is 1270. The van der Waals surface area contributed by atoms with E-state index in [-0.39, 0.29) is 23.7 Å². The molecule has 158 valence electrons. The fourth-order valence-corrected chi connectivity index (χ4v) is 4.74. The van der Waals surface area contributed by atoms with E-state index in [9.17, 15) is 26.4 Å². The Morgan fingerprint density at radius 2 is 1.73 bits per heavy atom. The number of rotatable bonds is 4. The number of ether oxygens (including phenoxy) is 1. The van der Waals surface area contributed by atoms with E-state index in [2.05, 4.69) is 9.72 Å². The van der Waals surface area contributed by atoms with E-state index in [1.807, 2.05) is 0 Å². The first kappa shape index (κ1) is 20.2. The molecule has 0 fully saturated rings. The quantitative estimate of drug-likeness (QED) is 0.677. The van der Waals surface area contributed by atoms with Gasteiger partial charge in [-0.2, -0.15) is 4.31 Å². The number of halogens is 3. The second-order valence-electron chi connectivity index (χ2n) is 6.61. The number of hydrogen-bond acceptors (Lipinski definition) is 4. The van der Waals surface area contributed by atoms with E-state index in [1.54, 1.807) is 30.3 Å². The van der Waals surface area contributed by atoms with Crippen molar-refractivity contribution < 1.29 is 26.3 Å². The van der Waals surface area contributed by atoms with E-state index in [0.29, 0.717) is 23.2 Å². The van der Waals surface area contributed by atoms with Crippen molar-refractivity contribution in [3.63, 3.8) is 0 Å². The summed E-state index contributed by atoms with van der Waals surface area (Å²) in [4.78, 5) is 14.9. The molecule has 0 amide bonds. The molecule has 1 aliphatic heterocycles. The van der Waals surface area contributed by atoms with Gasteiger partial charge in [0.25, 0.3) is 0 Å². The van der Waals surface area contributed by atoms with Gasteiger partial charge in [-0.3, -0.25) is 4.57 Å². The van der Waals surface area contributed by atoms with Crippen LogP contribution in [0.4, 0.5) is 13.2 Å². The zero-order chi connectivity index (χ0) is 21.5. The largest absolute Gasteiger partial charge is 0.573 e. The number of para-hydroxylation sites is 2. The third-order valence-corrected chi connectivity index (χ3v) is 6.60. The third-order valence-electron chi connectivity index (χ3n) is 4.72. The van der Waals surface area contributed by atoms with E-state index < -0.39 is 22.1 Å². The Morgan fingerprint density at radius 3 is 2.37 bits per heavy atom. The Hall–Kier alpha value is -3.05. The first-order chi connectivity index (χ1) is 14.1. The maximum absolute atomic E-state index is 12.8. The number of nitrogens with zero attached hydrogens (tertiary/aromatic N) is 2. The fourth-order valence-electron chi connectivity index (χ4n) is 3.36. The first-order valence-electron chi connectivity index (χ1n) is 8.90. The molecule has 30 heavy (non-hydrogen) atoms. The molecule has 3 aromatic rings. The lowest BCUT2D eigenvalue weighted by Gasteiger charge is -2.26. The van der Waals surface area contributed by atoms with Crippen LogP contribution in [-0.2, 0) is 10.0 Å². The van der Waals surface area contributed by atoms with Crippen molar-refractivity contribution in [2.45, 2.75) is 17.7 Å². The molecule has 1 aliphatic rings. The van der Waals surface area contributed by atoms with Gasteiger partial charge in [0.05, 0.1) is 15.9 Å². The lowest BCUT2D eigenvalue weighted by molar-refractivity contribution is -0.274. The Kier molecular flexibility index (Phi) is 4.94. The van der Waals surface area contributed by atoms with Crippen molar-refractivity contribution in [1.29, 1.82) is 0 Å². The van der Waals surface area contributed by atoms with E-state index >= 15 is 0 Å². The summed E-state index contributed by atoms with van der Waals surface area (Å²) in [5.74, 6) is -0.499. The van der Waals surface area contributed by atoms with Crippen LogP contribution in [0, 0.1) is 0 Å². The molecule has 4 rings (SSSR count). The van der Waals surface area contributed by atoms with Gasteiger partial charge in [0, 0.05) is 25.2 Å². The van der Waals surface area contributed by atoms with Gasteiger partial charge in [0.1, 0.15) is 5.75 Å². The molecule has 0 saturated carbocycles. The molecule has 0 saturated heterocycles. The van der Waals surface area contributed by atoms with Crippen molar-refractivity contribution >= 4 is 26.8 Å². The third kappa shape index (κ3) is 3.85. The summed E-state index contributed by atoms with van der Waals surface area (Å²) in [6, 6.07) is 11.2. The Morgan fingerprint density at radius 1 is 1.03 bits per heavy atom. The van der Waals surface area contributed by atoms with Crippen LogP contribution in [0.1, 0.15) is 6.42 Å². The molecular formula is C19H16F3N3O4S. The molecule has 11 heteroatoms. The number of benzene rings is 2. The van der Waals surface area contributed by atoms with Gasteiger partial charge in [-0.25, -0.2) is 13.2 Å². The van der Waals surface area contributed by atoms with Gasteiger partial charge >= 0.3 is 12.1 Å². The summed E-state index contributed by atoms with van der Waals surface area (Å²) in [7, 11) is -3.91. The molecule has 0 aliphatic carbocycles. The van der Waals surface area contributed by atoms with Crippen molar-refractivity contribution in [2.24, 2.45) is 0 Å². The summed E-state index contributed by atoms with van der Waals surface area (Å²) in [6.07, 6.45) is -2.89. The molecule has 0 bridgehead atoms. The van der Waals surface area contributed by atoms with Crippen LogP contribution in [0.2, 0.25) is 0 Å². The second-order valence-corrected chi connectivity index (χ2v) is 8.55. The number of aromatic amines is 1. The molecule has 0 radical (unpaired) electrons. The van der Waals surface area contributed by atoms with Gasteiger partial charge in [-0.1, -0.05) is 12.1 Å². The highest BCUT2D eigenvalue weighted by atomic mass is 32.2. The van der Waals surface area contributed by atoms with Crippen LogP contribution < -0.4 is 10.4 Å². The molecule has 2 heterocycles. The topological polar surface area (TPSA) is 84.4 Å². The van der Waals surface area contributed by atoms with Crippen LogP contribution >= 0.6 is 0 Å². The summed E-state index contributed by atoms with van der Waals surface area (Å²) < 4.78 is 68.9. The highest BCUT2D eigenvalue weighted by Gasteiger charge is 2.32. The molecule has 1 N–H and O–H groups in total. The lowest BCUT2D eigenvalue weighted by atomic mass is 10.2. The number of fused-ring (bicyclic) bond motifs is 1. The van der Waals surface area contributed by atoms with Crippen molar-refractivity contribution in [3.05, 3.63) is 65.1 Å². The number of hydrogen-bond donors (Lipinski definition) is 1. The zero-order valence-corrected chi connectivity index (χ0v) is 16.2. The number of alkyl halides is 3. The molecule has 7 nitrogen and oxygen atoms in total. The van der Waals surface area contributed by atoms with Crippen molar-refractivity contribution in [3.8, 4) is 5.75 Å². The molecule has 2 aromatic carbocycles. The number of imidazole rings is 1. The van der Waals surface area contributed by atoms with Gasteiger partial charge < -0.3 is 9.72 Å². The number of aromatic nitrogens is 2. The van der Waals surface area contributed by atoms with Crippen LogP contribution in [0.25, 0.3) is 16.7 Å². The predicted molar refractivity (Wildman–Crippen MR) is 103 cm³/mol. The van der Waals surface area contributed by atoms with E-state index in [1.165, 1.54) is 8.87 Å². The number of sulfonamides is 1. The minimum Gasteiger partial charge on any atom is -0.406 e. The van der Waals surface area contributed by atoms with Crippen LogP contribution in [0.5, 0.6) is 5.75 Å². The van der Waals surface area contributed by atoms with Gasteiger partial charge in [0.15, 0.2) is 0 Å². The molecule has 0 spiro atoms. The minimum absolute atomic E-state index is 0.0322. The van der Waals surface area contributed by atoms with E-state index in [4.69, 9.17) is 0 Å². The van der Waals surface area contributed by atoms with Gasteiger partial charge in [-0.15, -0.1) is 13.2 Å². The minimum atomic E-state index is -4.85. The standard InChI is InChI=1S/C19H16F3N3O4S/c20-19(21,22)29-14-5-7-15(8-6-14)30(27,28)24-11-9-13(10-12-24)25-17-4-2-1-3-16(17)23-18(25)26/h1-9H,10-12H2,(H,23,26). The van der Waals surface area contributed by atoms with Crippen molar-refractivity contribution in [2.75, 3.05) is 13.1 Å². The Labute approximate surface area is 169 Å². The van der Waals surface area contributed by atoms with E-state index in [0.717, 1.165) is 24.3 Å². The fraction of sp³-hybridized carbons (Fsp3) is 0.211. The monoisotopic (exact) mass is 439 g/mol. The summed E-state index contributed by atoms with van der Waals surface area (Å²) in [6.45, 7) is 0.158. The maximum Gasteiger partial charge on any atom is 0.573 e. The molecular weight excluding hydrogens is 423 g/mol. The normalized spacial score (nSPS) is 15.9. The molecule has 1 aromatic heterocycles. The average molecular weight is 439 g/mol. The van der Waals surface area contributed by atoms with Gasteiger partial charge in [0.2, 0.25) is 10.0 Å².